The molecule has 0 heterocycles. The Hall–Kier alpha value is -0.120. The van der Waals surface area contributed by atoms with Crippen LogP contribution in [-0.4, -0.2) is 36.5 Å². The van der Waals surface area contributed by atoms with Gasteiger partial charge in [0.25, 0.3) is 0 Å². The second-order valence-electron chi connectivity index (χ2n) is 5.08. The molecule has 1 saturated carbocycles. The average Bonchev–Trinajstić information content (AvgIpc) is 2.49. The van der Waals surface area contributed by atoms with Crippen molar-refractivity contribution in [2.24, 2.45) is 0 Å². The van der Waals surface area contributed by atoms with Crippen LogP contribution in [-0.2, 0) is 4.74 Å². The summed E-state index contributed by atoms with van der Waals surface area (Å²) in [5.74, 6) is 0. The molecule has 0 bridgehead atoms. The van der Waals surface area contributed by atoms with Crippen LogP contribution in [0, 0.1) is 0 Å². The number of ether oxygens (including phenoxy) is 1. The van der Waals surface area contributed by atoms with Crippen molar-refractivity contribution in [2.45, 2.75) is 64.0 Å². The molecule has 3 nitrogen and oxygen atoms in total. The van der Waals surface area contributed by atoms with Crippen molar-refractivity contribution >= 4 is 0 Å². The van der Waals surface area contributed by atoms with E-state index >= 15 is 0 Å². The molecule has 1 atom stereocenters. The summed E-state index contributed by atoms with van der Waals surface area (Å²) in [6.07, 6.45) is 6.77. The fraction of sp³-hybridized carbons (Fsp3) is 1.00. The van der Waals surface area contributed by atoms with Crippen molar-refractivity contribution in [1.82, 2.24) is 5.32 Å². The van der Waals surface area contributed by atoms with Gasteiger partial charge in [0.15, 0.2) is 0 Å². The molecule has 96 valence electrons. The Labute approximate surface area is 99.6 Å². The van der Waals surface area contributed by atoms with E-state index in [0.29, 0.717) is 12.6 Å². The number of rotatable bonds is 6. The molecule has 1 aliphatic carbocycles. The van der Waals surface area contributed by atoms with Gasteiger partial charge in [-0.3, -0.25) is 0 Å². The molecule has 1 fully saturated rings. The first-order valence-corrected chi connectivity index (χ1v) is 6.70. The third-order valence-corrected chi connectivity index (χ3v) is 3.39. The molecule has 1 aliphatic rings. The van der Waals surface area contributed by atoms with E-state index in [4.69, 9.17) is 4.74 Å². The van der Waals surface area contributed by atoms with Crippen LogP contribution in [0.3, 0.4) is 0 Å². The van der Waals surface area contributed by atoms with Crippen LogP contribution in [0.4, 0.5) is 0 Å². The van der Waals surface area contributed by atoms with E-state index < -0.39 is 5.60 Å². The third-order valence-electron chi connectivity index (χ3n) is 3.39. The van der Waals surface area contributed by atoms with Gasteiger partial charge in [-0.05, 0) is 26.7 Å². The van der Waals surface area contributed by atoms with E-state index in [1.807, 2.05) is 6.92 Å². The summed E-state index contributed by atoms with van der Waals surface area (Å²) in [6.45, 7) is 6.31. The Bertz CT molecular complexity index is 177. The van der Waals surface area contributed by atoms with Crippen molar-refractivity contribution < 1.29 is 9.84 Å². The van der Waals surface area contributed by atoms with Gasteiger partial charge in [0.2, 0.25) is 0 Å². The van der Waals surface area contributed by atoms with Gasteiger partial charge in [-0.15, -0.1) is 0 Å². The topological polar surface area (TPSA) is 41.5 Å². The van der Waals surface area contributed by atoms with E-state index in [9.17, 15) is 5.11 Å². The Kier molecular flexibility index (Phi) is 6.32. The SMILES string of the molecule is CCOCC(C)NCC1(O)CCCCCC1. The van der Waals surface area contributed by atoms with Gasteiger partial charge in [0, 0.05) is 19.2 Å². The molecule has 16 heavy (non-hydrogen) atoms. The predicted molar refractivity (Wildman–Crippen MR) is 66.6 cm³/mol. The molecular formula is C13H27NO2. The maximum atomic E-state index is 10.4. The molecule has 0 radical (unpaired) electrons. The Morgan fingerprint density at radius 2 is 1.88 bits per heavy atom. The molecule has 1 rings (SSSR count). The fourth-order valence-electron chi connectivity index (χ4n) is 2.28. The van der Waals surface area contributed by atoms with Gasteiger partial charge < -0.3 is 15.2 Å². The Balaban J connectivity index is 2.23. The molecule has 0 aromatic rings. The predicted octanol–water partition coefficient (Wildman–Crippen LogP) is 2.09. The van der Waals surface area contributed by atoms with Crippen molar-refractivity contribution in [3.63, 3.8) is 0 Å². The van der Waals surface area contributed by atoms with Gasteiger partial charge in [-0.2, -0.15) is 0 Å². The van der Waals surface area contributed by atoms with Crippen LogP contribution in [0.1, 0.15) is 52.4 Å². The summed E-state index contributed by atoms with van der Waals surface area (Å²) in [6, 6.07) is 0.326. The highest BCUT2D eigenvalue weighted by molar-refractivity contribution is 4.84. The van der Waals surface area contributed by atoms with Crippen LogP contribution in [0.5, 0.6) is 0 Å². The lowest BCUT2D eigenvalue weighted by molar-refractivity contribution is 0.0192. The number of aliphatic hydroxyl groups is 1. The van der Waals surface area contributed by atoms with Crippen LogP contribution < -0.4 is 5.32 Å². The highest BCUT2D eigenvalue weighted by Crippen LogP contribution is 2.26. The zero-order valence-electron chi connectivity index (χ0n) is 10.8. The highest BCUT2D eigenvalue weighted by atomic mass is 16.5. The zero-order valence-corrected chi connectivity index (χ0v) is 10.8. The molecule has 0 spiro atoms. The minimum absolute atomic E-state index is 0.326. The highest BCUT2D eigenvalue weighted by Gasteiger charge is 2.27. The van der Waals surface area contributed by atoms with Gasteiger partial charge in [0.05, 0.1) is 12.2 Å². The first-order chi connectivity index (χ1) is 7.66. The van der Waals surface area contributed by atoms with Crippen molar-refractivity contribution in [3.8, 4) is 0 Å². The summed E-state index contributed by atoms with van der Waals surface area (Å²) in [7, 11) is 0. The first kappa shape index (κ1) is 13.9. The summed E-state index contributed by atoms with van der Waals surface area (Å²) in [5.41, 5.74) is -0.475. The van der Waals surface area contributed by atoms with Gasteiger partial charge in [-0.25, -0.2) is 0 Å². The molecule has 3 heteroatoms. The summed E-state index contributed by atoms with van der Waals surface area (Å²) < 4.78 is 5.35. The molecule has 2 N–H and O–H groups in total. The monoisotopic (exact) mass is 229 g/mol. The van der Waals surface area contributed by atoms with Crippen molar-refractivity contribution in [1.29, 1.82) is 0 Å². The largest absolute Gasteiger partial charge is 0.389 e. The van der Waals surface area contributed by atoms with E-state index in [1.54, 1.807) is 0 Å². The molecule has 0 aliphatic heterocycles. The normalized spacial score (nSPS) is 22.7. The Morgan fingerprint density at radius 1 is 1.25 bits per heavy atom. The van der Waals surface area contributed by atoms with Crippen LogP contribution in [0.25, 0.3) is 0 Å². The Morgan fingerprint density at radius 3 is 2.44 bits per heavy atom. The smallest absolute Gasteiger partial charge is 0.0771 e. The summed E-state index contributed by atoms with van der Waals surface area (Å²) >= 11 is 0. The first-order valence-electron chi connectivity index (χ1n) is 6.70. The van der Waals surface area contributed by atoms with E-state index in [1.165, 1.54) is 12.8 Å². The number of hydrogen-bond donors (Lipinski definition) is 2. The van der Waals surface area contributed by atoms with E-state index in [0.717, 1.165) is 38.9 Å². The van der Waals surface area contributed by atoms with E-state index in [-0.39, 0.29) is 0 Å². The van der Waals surface area contributed by atoms with Crippen LogP contribution in [0.2, 0.25) is 0 Å². The average molecular weight is 229 g/mol. The molecular weight excluding hydrogens is 202 g/mol. The van der Waals surface area contributed by atoms with E-state index in [2.05, 4.69) is 12.2 Å². The lowest BCUT2D eigenvalue weighted by Crippen LogP contribution is -2.44. The molecule has 0 saturated heterocycles. The standard InChI is InChI=1S/C13H27NO2/c1-3-16-10-12(2)14-11-13(15)8-6-4-5-7-9-13/h12,14-15H,3-11H2,1-2H3. The van der Waals surface area contributed by atoms with Gasteiger partial charge in [-0.1, -0.05) is 25.7 Å². The van der Waals surface area contributed by atoms with Gasteiger partial charge >= 0.3 is 0 Å². The summed E-state index contributed by atoms with van der Waals surface area (Å²) in [4.78, 5) is 0. The fourth-order valence-corrected chi connectivity index (χ4v) is 2.28. The lowest BCUT2D eigenvalue weighted by atomic mass is 9.94. The number of hydrogen-bond acceptors (Lipinski definition) is 3. The third kappa shape index (κ3) is 5.28. The molecule has 0 amide bonds. The van der Waals surface area contributed by atoms with Crippen molar-refractivity contribution in [2.75, 3.05) is 19.8 Å². The van der Waals surface area contributed by atoms with Gasteiger partial charge in [0.1, 0.15) is 0 Å². The minimum atomic E-state index is -0.475. The lowest BCUT2D eigenvalue weighted by Gasteiger charge is -2.28. The zero-order chi connectivity index (χ0) is 11.9. The molecule has 1 unspecified atom stereocenters. The van der Waals surface area contributed by atoms with Crippen LogP contribution >= 0.6 is 0 Å². The number of nitrogens with one attached hydrogen (secondary N) is 1. The molecule has 0 aromatic carbocycles. The minimum Gasteiger partial charge on any atom is -0.389 e. The second kappa shape index (κ2) is 7.25. The van der Waals surface area contributed by atoms with Crippen molar-refractivity contribution in [3.05, 3.63) is 0 Å². The quantitative estimate of drug-likeness (QED) is 0.685. The summed E-state index contributed by atoms with van der Waals surface area (Å²) in [5, 5.41) is 13.8. The molecule has 0 aromatic heterocycles. The second-order valence-corrected chi connectivity index (χ2v) is 5.08. The van der Waals surface area contributed by atoms with Crippen LogP contribution in [0.15, 0.2) is 0 Å². The maximum Gasteiger partial charge on any atom is 0.0771 e. The maximum absolute atomic E-state index is 10.4.